The van der Waals surface area contributed by atoms with Gasteiger partial charge in [0.2, 0.25) is 5.91 Å². The Balaban J connectivity index is 2.84. The molecule has 1 atom stereocenters. The van der Waals surface area contributed by atoms with Crippen LogP contribution in [-0.2, 0) is 4.79 Å². The van der Waals surface area contributed by atoms with Gasteiger partial charge in [0.1, 0.15) is 0 Å². The van der Waals surface area contributed by atoms with Gasteiger partial charge in [-0.3, -0.25) is 4.79 Å². The predicted octanol–water partition coefficient (Wildman–Crippen LogP) is 2.22. The molecule has 0 aliphatic rings. The van der Waals surface area contributed by atoms with Gasteiger partial charge in [0, 0.05) is 0 Å². The molecule has 1 aromatic carbocycles. The normalized spacial score (nSPS) is 13.3. The number of benzene rings is 1. The summed E-state index contributed by atoms with van der Waals surface area (Å²) >= 11 is 0. The summed E-state index contributed by atoms with van der Waals surface area (Å²) in [7, 11) is 0. The van der Waals surface area contributed by atoms with E-state index >= 15 is 0 Å². The van der Waals surface area contributed by atoms with Crippen molar-refractivity contribution in [3.63, 3.8) is 0 Å². The Kier molecular flexibility index (Phi) is 3.94. The van der Waals surface area contributed by atoms with Gasteiger partial charge in [0.15, 0.2) is 0 Å². The molecule has 1 unspecified atom stereocenters. The number of carbonyl (C=O) groups excluding carboxylic acids is 1. The lowest BCUT2D eigenvalue weighted by Gasteiger charge is -2.23. The maximum atomic E-state index is 11.8. The predicted molar refractivity (Wildman–Crippen MR) is 70.7 cm³/mol. The number of amides is 1. The van der Waals surface area contributed by atoms with Crippen LogP contribution in [0.3, 0.4) is 0 Å². The molecule has 0 aliphatic heterocycles. The second kappa shape index (κ2) is 4.88. The molecule has 94 valence electrons. The number of hydrogen-bond donors (Lipinski definition) is 2. The molecule has 3 N–H and O–H groups in total. The zero-order valence-corrected chi connectivity index (χ0v) is 11.3. The molecule has 17 heavy (non-hydrogen) atoms. The third kappa shape index (κ3) is 3.56. The molecule has 1 rings (SSSR count). The van der Waals surface area contributed by atoms with Crippen LogP contribution in [0.25, 0.3) is 0 Å². The van der Waals surface area contributed by atoms with E-state index in [1.807, 2.05) is 6.92 Å². The first-order valence-corrected chi connectivity index (χ1v) is 5.89. The lowest BCUT2D eigenvalue weighted by Crippen LogP contribution is -2.49. The summed E-state index contributed by atoms with van der Waals surface area (Å²) in [6.45, 7) is 9.50. The molecule has 0 saturated carbocycles. The van der Waals surface area contributed by atoms with Crippen LogP contribution in [0.1, 0.15) is 43.5 Å². The van der Waals surface area contributed by atoms with E-state index in [-0.39, 0.29) is 11.9 Å². The minimum atomic E-state index is -0.840. The fourth-order valence-electron chi connectivity index (χ4n) is 1.77. The summed E-state index contributed by atoms with van der Waals surface area (Å²) in [5.74, 6) is -0.134. The molecule has 0 heterocycles. The highest BCUT2D eigenvalue weighted by atomic mass is 16.2. The topological polar surface area (TPSA) is 55.1 Å². The van der Waals surface area contributed by atoms with E-state index < -0.39 is 5.54 Å². The summed E-state index contributed by atoms with van der Waals surface area (Å²) in [4.78, 5) is 11.8. The Bertz CT molecular complexity index is 419. The van der Waals surface area contributed by atoms with E-state index in [1.165, 1.54) is 11.1 Å². The quantitative estimate of drug-likeness (QED) is 0.842. The van der Waals surface area contributed by atoms with Crippen molar-refractivity contribution in [2.45, 2.75) is 46.2 Å². The summed E-state index contributed by atoms with van der Waals surface area (Å²) in [6.07, 6.45) is 0. The van der Waals surface area contributed by atoms with E-state index in [1.54, 1.807) is 13.8 Å². The van der Waals surface area contributed by atoms with Gasteiger partial charge < -0.3 is 11.1 Å². The fourth-order valence-corrected chi connectivity index (χ4v) is 1.77. The molecule has 3 nitrogen and oxygen atoms in total. The first-order valence-electron chi connectivity index (χ1n) is 5.89. The van der Waals surface area contributed by atoms with Gasteiger partial charge in [-0.15, -0.1) is 0 Å². The molecule has 1 amide bonds. The van der Waals surface area contributed by atoms with Gasteiger partial charge in [-0.2, -0.15) is 0 Å². The molecule has 0 aliphatic carbocycles. The minimum absolute atomic E-state index is 0.0223. The standard InChI is InChI=1S/C14H22N2O/c1-9-6-7-12(10(2)8-9)11(3)16-13(17)14(4,5)15/h6-8,11H,15H2,1-5H3,(H,16,17). The van der Waals surface area contributed by atoms with Crippen LogP contribution < -0.4 is 11.1 Å². The summed E-state index contributed by atoms with van der Waals surface area (Å²) in [5.41, 5.74) is 8.46. The average molecular weight is 234 g/mol. The molecule has 0 bridgehead atoms. The van der Waals surface area contributed by atoms with Crippen LogP contribution >= 0.6 is 0 Å². The summed E-state index contributed by atoms with van der Waals surface area (Å²) < 4.78 is 0. The molecule has 0 fully saturated rings. The van der Waals surface area contributed by atoms with Crippen molar-refractivity contribution in [1.29, 1.82) is 0 Å². The number of nitrogens with one attached hydrogen (secondary N) is 1. The molecule has 0 saturated heterocycles. The maximum Gasteiger partial charge on any atom is 0.239 e. The van der Waals surface area contributed by atoms with E-state index in [0.717, 1.165) is 5.56 Å². The maximum absolute atomic E-state index is 11.8. The van der Waals surface area contributed by atoms with Gasteiger partial charge in [0.25, 0.3) is 0 Å². The lowest BCUT2D eigenvalue weighted by molar-refractivity contribution is -0.125. The van der Waals surface area contributed by atoms with Crippen LogP contribution in [0.2, 0.25) is 0 Å². The number of hydrogen-bond acceptors (Lipinski definition) is 2. The average Bonchev–Trinajstić information content (AvgIpc) is 2.15. The summed E-state index contributed by atoms with van der Waals surface area (Å²) in [5, 5.41) is 2.93. The van der Waals surface area contributed by atoms with Crippen molar-refractivity contribution in [2.24, 2.45) is 5.73 Å². The number of nitrogens with two attached hydrogens (primary N) is 1. The molecular weight excluding hydrogens is 212 g/mol. The van der Waals surface area contributed by atoms with Crippen LogP contribution in [0.15, 0.2) is 18.2 Å². The SMILES string of the molecule is Cc1ccc(C(C)NC(=O)C(C)(C)N)c(C)c1. The van der Waals surface area contributed by atoms with E-state index in [2.05, 4.69) is 37.4 Å². The first kappa shape index (κ1) is 13.7. The number of carbonyl (C=O) groups is 1. The van der Waals surface area contributed by atoms with Crippen LogP contribution in [0.5, 0.6) is 0 Å². The zero-order valence-electron chi connectivity index (χ0n) is 11.3. The monoisotopic (exact) mass is 234 g/mol. The molecule has 0 spiro atoms. The van der Waals surface area contributed by atoms with Gasteiger partial charge in [-0.1, -0.05) is 23.8 Å². The van der Waals surface area contributed by atoms with E-state index in [9.17, 15) is 4.79 Å². The second-order valence-electron chi connectivity index (χ2n) is 5.28. The van der Waals surface area contributed by atoms with Crippen molar-refractivity contribution < 1.29 is 4.79 Å². The number of aryl methyl sites for hydroxylation is 2. The fraction of sp³-hybridized carbons (Fsp3) is 0.500. The highest BCUT2D eigenvalue weighted by Gasteiger charge is 2.23. The summed E-state index contributed by atoms with van der Waals surface area (Å²) in [6, 6.07) is 6.20. The van der Waals surface area contributed by atoms with Gasteiger partial charge in [0.05, 0.1) is 11.6 Å². The molecule has 3 heteroatoms. The Labute approximate surface area is 103 Å². The Hall–Kier alpha value is -1.35. The Morgan fingerprint density at radius 1 is 1.35 bits per heavy atom. The minimum Gasteiger partial charge on any atom is -0.348 e. The molecular formula is C14H22N2O. The van der Waals surface area contributed by atoms with Crippen LogP contribution in [0.4, 0.5) is 0 Å². The van der Waals surface area contributed by atoms with E-state index in [0.29, 0.717) is 0 Å². The van der Waals surface area contributed by atoms with Crippen molar-refractivity contribution in [3.8, 4) is 0 Å². The zero-order chi connectivity index (χ0) is 13.2. The van der Waals surface area contributed by atoms with Gasteiger partial charge in [-0.25, -0.2) is 0 Å². The first-order chi connectivity index (χ1) is 7.71. The Morgan fingerprint density at radius 3 is 2.41 bits per heavy atom. The van der Waals surface area contributed by atoms with Crippen molar-refractivity contribution >= 4 is 5.91 Å². The Morgan fingerprint density at radius 2 is 1.94 bits per heavy atom. The van der Waals surface area contributed by atoms with Crippen molar-refractivity contribution in [2.75, 3.05) is 0 Å². The van der Waals surface area contributed by atoms with Crippen molar-refractivity contribution in [3.05, 3.63) is 34.9 Å². The van der Waals surface area contributed by atoms with Crippen LogP contribution in [-0.4, -0.2) is 11.4 Å². The number of rotatable bonds is 3. The third-order valence-electron chi connectivity index (χ3n) is 2.82. The van der Waals surface area contributed by atoms with Crippen LogP contribution in [0, 0.1) is 13.8 Å². The van der Waals surface area contributed by atoms with Gasteiger partial charge >= 0.3 is 0 Å². The lowest BCUT2D eigenvalue weighted by atomic mass is 9.99. The smallest absolute Gasteiger partial charge is 0.239 e. The largest absolute Gasteiger partial charge is 0.348 e. The van der Waals surface area contributed by atoms with Crippen molar-refractivity contribution in [1.82, 2.24) is 5.32 Å². The highest BCUT2D eigenvalue weighted by molar-refractivity contribution is 5.85. The molecule has 1 aromatic rings. The molecule has 0 aromatic heterocycles. The van der Waals surface area contributed by atoms with E-state index in [4.69, 9.17) is 5.73 Å². The second-order valence-corrected chi connectivity index (χ2v) is 5.28. The highest BCUT2D eigenvalue weighted by Crippen LogP contribution is 2.19. The van der Waals surface area contributed by atoms with Gasteiger partial charge in [-0.05, 0) is 45.7 Å². The molecule has 0 radical (unpaired) electrons. The third-order valence-corrected chi connectivity index (χ3v) is 2.82.